The second-order valence-corrected chi connectivity index (χ2v) is 6.97. The smallest absolute Gasteiger partial charge is 0.261 e. The molecule has 0 atom stereocenters. The molecule has 0 aliphatic carbocycles. The molecule has 3 heterocycles. The van der Waals surface area contributed by atoms with Crippen molar-refractivity contribution in [2.75, 3.05) is 19.6 Å². The van der Waals surface area contributed by atoms with E-state index in [9.17, 15) is 4.79 Å². The summed E-state index contributed by atoms with van der Waals surface area (Å²) in [5, 5.41) is 13.8. The fourth-order valence-electron chi connectivity index (χ4n) is 2.47. The van der Waals surface area contributed by atoms with E-state index in [0.717, 1.165) is 30.8 Å². The van der Waals surface area contributed by atoms with Crippen molar-refractivity contribution in [1.29, 1.82) is 5.26 Å². The summed E-state index contributed by atoms with van der Waals surface area (Å²) in [6, 6.07) is 6.44. The average molecular weight is 305 g/mol. The summed E-state index contributed by atoms with van der Waals surface area (Å²) >= 11 is 3.22. The lowest BCUT2D eigenvalue weighted by Gasteiger charge is -2.30. The lowest BCUT2D eigenvalue weighted by atomic mass is 10.1. The van der Waals surface area contributed by atoms with Crippen LogP contribution in [0.2, 0.25) is 0 Å². The normalized spacial score (nSPS) is 17.1. The maximum Gasteiger partial charge on any atom is 0.261 e. The van der Waals surface area contributed by atoms with Gasteiger partial charge in [-0.1, -0.05) is 0 Å². The van der Waals surface area contributed by atoms with Crippen molar-refractivity contribution < 1.29 is 4.79 Å². The maximum absolute atomic E-state index is 12.2. The summed E-state index contributed by atoms with van der Waals surface area (Å²) in [5.74, 6) is 0.0390. The van der Waals surface area contributed by atoms with Crippen LogP contribution >= 0.6 is 22.7 Å². The molecule has 1 saturated heterocycles. The molecule has 6 heteroatoms. The van der Waals surface area contributed by atoms with Gasteiger partial charge in [-0.15, -0.1) is 22.7 Å². The van der Waals surface area contributed by atoms with E-state index in [1.807, 2.05) is 11.4 Å². The quantitative estimate of drug-likeness (QED) is 0.887. The van der Waals surface area contributed by atoms with Crippen molar-refractivity contribution in [3.05, 3.63) is 22.4 Å². The van der Waals surface area contributed by atoms with Crippen LogP contribution in [0.25, 0.3) is 9.40 Å². The van der Waals surface area contributed by atoms with Crippen LogP contribution in [0.5, 0.6) is 0 Å². The van der Waals surface area contributed by atoms with Crippen molar-refractivity contribution in [2.24, 2.45) is 0 Å². The molecular formula is C14H15N3OS2. The highest BCUT2D eigenvalue weighted by Crippen LogP contribution is 2.30. The molecule has 104 valence electrons. The number of hydrogen-bond donors (Lipinski definition) is 1. The number of likely N-dealkylation sites (tertiary alicyclic amines) is 1. The summed E-state index contributed by atoms with van der Waals surface area (Å²) in [5.41, 5.74) is 0. The van der Waals surface area contributed by atoms with Gasteiger partial charge < -0.3 is 5.32 Å². The van der Waals surface area contributed by atoms with Crippen LogP contribution < -0.4 is 5.32 Å². The van der Waals surface area contributed by atoms with Gasteiger partial charge in [-0.3, -0.25) is 9.69 Å². The Balaban J connectivity index is 1.57. The number of amides is 1. The number of rotatable bonds is 3. The third-order valence-electron chi connectivity index (χ3n) is 3.58. The lowest BCUT2D eigenvalue weighted by molar-refractivity contribution is 0.0918. The van der Waals surface area contributed by atoms with E-state index >= 15 is 0 Å². The molecule has 1 aliphatic rings. The molecule has 2 aromatic heterocycles. The van der Waals surface area contributed by atoms with Gasteiger partial charge in [0, 0.05) is 28.5 Å². The number of thiophene rings is 2. The molecule has 20 heavy (non-hydrogen) atoms. The van der Waals surface area contributed by atoms with Gasteiger partial charge in [0.2, 0.25) is 0 Å². The number of hydrogen-bond acceptors (Lipinski definition) is 5. The molecule has 0 unspecified atom stereocenters. The Morgan fingerprint density at radius 3 is 2.95 bits per heavy atom. The Morgan fingerprint density at radius 2 is 2.25 bits per heavy atom. The Morgan fingerprint density at radius 1 is 1.45 bits per heavy atom. The molecule has 0 saturated carbocycles. The summed E-state index contributed by atoms with van der Waals surface area (Å²) in [6.07, 6.45) is 1.85. The Kier molecular flexibility index (Phi) is 4.01. The molecule has 4 nitrogen and oxygen atoms in total. The number of fused-ring (bicyclic) bond motifs is 1. The van der Waals surface area contributed by atoms with Gasteiger partial charge in [-0.25, -0.2) is 0 Å². The van der Waals surface area contributed by atoms with Crippen molar-refractivity contribution in [2.45, 2.75) is 18.9 Å². The van der Waals surface area contributed by atoms with Crippen LogP contribution in [0.15, 0.2) is 17.5 Å². The van der Waals surface area contributed by atoms with Crippen molar-refractivity contribution >= 4 is 38.0 Å². The number of piperidine rings is 1. The molecule has 0 bridgehead atoms. The van der Waals surface area contributed by atoms with E-state index in [-0.39, 0.29) is 11.9 Å². The van der Waals surface area contributed by atoms with E-state index in [1.165, 1.54) is 9.40 Å². The third kappa shape index (κ3) is 2.85. The summed E-state index contributed by atoms with van der Waals surface area (Å²) < 4.78 is 2.37. The molecule has 1 aliphatic heterocycles. The monoisotopic (exact) mass is 305 g/mol. The van der Waals surface area contributed by atoms with Crippen LogP contribution in [-0.4, -0.2) is 36.5 Å². The van der Waals surface area contributed by atoms with Crippen LogP contribution in [0.1, 0.15) is 22.5 Å². The minimum Gasteiger partial charge on any atom is -0.349 e. The number of carbonyl (C=O) groups excluding carboxylic acids is 1. The molecular weight excluding hydrogens is 290 g/mol. The van der Waals surface area contributed by atoms with Crippen molar-refractivity contribution in [1.82, 2.24) is 10.2 Å². The highest BCUT2D eigenvalue weighted by Gasteiger charge is 2.21. The molecule has 0 aromatic carbocycles. The second kappa shape index (κ2) is 5.92. The summed E-state index contributed by atoms with van der Waals surface area (Å²) in [7, 11) is 0. The Bertz CT molecular complexity index is 618. The lowest BCUT2D eigenvalue weighted by Crippen LogP contribution is -2.44. The zero-order valence-electron chi connectivity index (χ0n) is 11.0. The van der Waals surface area contributed by atoms with Gasteiger partial charge in [0.05, 0.1) is 17.5 Å². The zero-order chi connectivity index (χ0) is 13.9. The molecule has 0 spiro atoms. The first-order valence-corrected chi connectivity index (χ1v) is 8.33. The first-order valence-electron chi connectivity index (χ1n) is 6.63. The Labute approximate surface area is 125 Å². The number of nitriles is 1. The van der Waals surface area contributed by atoms with E-state index in [4.69, 9.17) is 5.26 Å². The van der Waals surface area contributed by atoms with Gasteiger partial charge in [-0.05, 0) is 30.4 Å². The minimum absolute atomic E-state index is 0.0390. The predicted molar refractivity (Wildman–Crippen MR) is 82.2 cm³/mol. The first kappa shape index (κ1) is 13.6. The van der Waals surface area contributed by atoms with Gasteiger partial charge in [0.15, 0.2) is 0 Å². The van der Waals surface area contributed by atoms with E-state index in [0.29, 0.717) is 6.54 Å². The van der Waals surface area contributed by atoms with Crippen LogP contribution in [-0.2, 0) is 0 Å². The second-order valence-electron chi connectivity index (χ2n) is 4.94. The first-order chi connectivity index (χ1) is 9.76. The van der Waals surface area contributed by atoms with E-state index in [2.05, 4.69) is 22.4 Å². The van der Waals surface area contributed by atoms with Crippen LogP contribution in [0.3, 0.4) is 0 Å². The molecule has 1 N–H and O–H groups in total. The Hall–Kier alpha value is -1.42. The highest BCUT2D eigenvalue weighted by atomic mass is 32.1. The number of nitrogens with zero attached hydrogens (tertiary/aromatic N) is 2. The zero-order valence-corrected chi connectivity index (χ0v) is 12.6. The average Bonchev–Trinajstić information content (AvgIpc) is 3.02. The van der Waals surface area contributed by atoms with Gasteiger partial charge >= 0.3 is 0 Å². The summed E-state index contributed by atoms with van der Waals surface area (Å²) in [6.45, 7) is 2.26. The molecule has 1 amide bonds. The minimum atomic E-state index is 0.0390. The topological polar surface area (TPSA) is 56.1 Å². The largest absolute Gasteiger partial charge is 0.349 e. The van der Waals surface area contributed by atoms with E-state index in [1.54, 1.807) is 22.7 Å². The van der Waals surface area contributed by atoms with Crippen molar-refractivity contribution in [3.63, 3.8) is 0 Å². The fraction of sp³-hybridized carbons (Fsp3) is 0.429. The van der Waals surface area contributed by atoms with Gasteiger partial charge in [-0.2, -0.15) is 5.26 Å². The SMILES string of the molecule is N#CCN1CCC(NC(=O)c2cc3sccc3s2)CC1. The molecule has 2 aromatic rings. The number of carbonyl (C=O) groups is 1. The molecule has 0 radical (unpaired) electrons. The van der Waals surface area contributed by atoms with Gasteiger partial charge in [0.1, 0.15) is 0 Å². The predicted octanol–water partition coefficient (Wildman–Crippen LogP) is 2.68. The van der Waals surface area contributed by atoms with Crippen LogP contribution in [0, 0.1) is 11.3 Å². The third-order valence-corrected chi connectivity index (χ3v) is 5.67. The van der Waals surface area contributed by atoms with Crippen LogP contribution in [0.4, 0.5) is 0 Å². The highest BCUT2D eigenvalue weighted by molar-refractivity contribution is 7.27. The standard InChI is InChI=1S/C14H15N3OS2/c15-4-7-17-5-1-10(2-6-17)16-14(18)13-9-12-11(20-13)3-8-19-12/h3,8-10H,1-2,5-7H2,(H,16,18). The number of nitrogens with one attached hydrogen (secondary N) is 1. The van der Waals surface area contributed by atoms with Crippen molar-refractivity contribution in [3.8, 4) is 6.07 Å². The van der Waals surface area contributed by atoms with E-state index < -0.39 is 0 Å². The molecule has 3 rings (SSSR count). The van der Waals surface area contributed by atoms with Gasteiger partial charge in [0.25, 0.3) is 5.91 Å². The summed E-state index contributed by atoms with van der Waals surface area (Å²) in [4.78, 5) is 15.2. The fourth-order valence-corrected chi connectivity index (χ4v) is 4.48. The molecule has 1 fully saturated rings. The maximum atomic E-state index is 12.2.